The molecule has 4 heteroatoms. The molecule has 3 nitrogen and oxygen atoms in total. The summed E-state index contributed by atoms with van der Waals surface area (Å²) in [7, 11) is 0. The summed E-state index contributed by atoms with van der Waals surface area (Å²) in [4.78, 5) is 16.6. The molecule has 1 amide bonds. The molecule has 0 bridgehead atoms. The molecule has 1 aromatic carbocycles. The van der Waals surface area contributed by atoms with Crippen molar-refractivity contribution in [3.8, 4) is 0 Å². The van der Waals surface area contributed by atoms with E-state index >= 15 is 0 Å². The van der Waals surface area contributed by atoms with E-state index in [-0.39, 0.29) is 5.91 Å². The van der Waals surface area contributed by atoms with Gasteiger partial charge in [0.15, 0.2) is 0 Å². The van der Waals surface area contributed by atoms with Crippen LogP contribution in [0.4, 0.5) is 11.4 Å². The van der Waals surface area contributed by atoms with Crippen LogP contribution in [-0.4, -0.2) is 12.5 Å². The zero-order chi connectivity index (χ0) is 20.4. The Kier molecular flexibility index (Phi) is 6.09. The molecule has 3 rings (SSSR count). The lowest BCUT2D eigenvalue weighted by molar-refractivity contribution is -0.115. The molecule has 0 saturated carbocycles. The van der Waals surface area contributed by atoms with Gasteiger partial charge in [0.05, 0.1) is 6.42 Å². The Hall–Kier alpha value is -2.33. The maximum atomic E-state index is 12.6. The zero-order valence-corrected chi connectivity index (χ0v) is 18.4. The lowest BCUT2D eigenvalue weighted by atomic mass is 10.00. The van der Waals surface area contributed by atoms with Crippen molar-refractivity contribution in [3.05, 3.63) is 68.4 Å². The molecule has 1 aromatic heterocycles. The summed E-state index contributed by atoms with van der Waals surface area (Å²) in [5.41, 5.74) is 8.94. The number of carbonyl (C=O) groups is 1. The van der Waals surface area contributed by atoms with Gasteiger partial charge < -0.3 is 10.2 Å². The second-order valence-electron chi connectivity index (χ2n) is 7.98. The topological polar surface area (TPSA) is 32.3 Å². The van der Waals surface area contributed by atoms with Crippen molar-refractivity contribution in [2.75, 3.05) is 16.8 Å². The molecule has 0 radical (unpaired) electrons. The van der Waals surface area contributed by atoms with Gasteiger partial charge in [0.2, 0.25) is 5.91 Å². The molecule has 0 spiro atoms. The number of allylic oxidation sites excluding steroid dienone is 2. The zero-order valence-electron chi connectivity index (χ0n) is 17.6. The Morgan fingerprint density at radius 2 is 1.89 bits per heavy atom. The monoisotopic (exact) mass is 394 g/mol. The van der Waals surface area contributed by atoms with Crippen molar-refractivity contribution in [2.24, 2.45) is 0 Å². The third-order valence-corrected chi connectivity index (χ3v) is 6.43. The fourth-order valence-corrected chi connectivity index (χ4v) is 4.78. The van der Waals surface area contributed by atoms with E-state index in [1.165, 1.54) is 16.1 Å². The first-order valence-electron chi connectivity index (χ1n) is 9.79. The molecule has 1 aliphatic heterocycles. The first kappa shape index (κ1) is 20.4. The van der Waals surface area contributed by atoms with Crippen LogP contribution in [0.15, 0.2) is 46.9 Å². The molecule has 0 fully saturated rings. The molecule has 28 heavy (non-hydrogen) atoms. The van der Waals surface area contributed by atoms with Crippen LogP contribution in [0.2, 0.25) is 0 Å². The van der Waals surface area contributed by atoms with E-state index in [4.69, 9.17) is 0 Å². The number of hydrogen-bond donors (Lipinski definition) is 1. The lowest BCUT2D eigenvalue weighted by Gasteiger charge is -2.30. The highest BCUT2D eigenvalue weighted by Crippen LogP contribution is 2.32. The number of carbonyl (C=O) groups excluding carboxylic acids is 1. The van der Waals surface area contributed by atoms with Crippen LogP contribution >= 0.6 is 11.3 Å². The number of nitrogens with zero attached hydrogens (tertiary/aromatic N) is 1. The Balaban J connectivity index is 1.76. The molecule has 0 atom stereocenters. The van der Waals surface area contributed by atoms with E-state index in [9.17, 15) is 4.79 Å². The van der Waals surface area contributed by atoms with Gasteiger partial charge in [0.25, 0.3) is 0 Å². The molecule has 1 N–H and O–H groups in total. The maximum absolute atomic E-state index is 12.6. The van der Waals surface area contributed by atoms with Crippen LogP contribution < -0.4 is 10.2 Å². The van der Waals surface area contributed by atoms with Crippen molar-refractivity contribution < 1.29 is 4.79 Å². The standard InChI is InChI=1S/C24H30N2OS/c1-15(2)21(16(3)4)13-23(27)25-24-17(5)11-20(12-18(24)6)26-9-7-22-19(14-26)8-10-28-22/h8,10-12H,1,7,9,13-14H2,2-6H3,(H,25,27). The maximum Gasteiger partial charge on any atom is 0.228 e. The minimum Gasteiger partial charge on any atom is -0.367 e. The van der Waals surface area contributed by atoms with Crippen LogP contribution in [0.3, 0.4) is 0 Å². The average molecular weight is 395 g/mol. The van der Waals surface area contributed by atoms with Gasteiger partial charge in [0, 0.05) is 29.3 Å². The number of thiophene rings is 1. The van der Waals surface area contributed by atoms with Gasteiger partial charge >= 0.3 is 0 Å². The summed E-state index contributed by atoms with van der Waals surface area (Å²) in [6.07, 6.45) is 1.47. The highest BCUT2D eigenvalue weighted by Gasteiger charge is 2.19. The van der Waals surface area contributed by atoms with Crippen LogP contribution in [-0.2, 0) is 17.8 Å². The van der Waals surface area contributed by atoms with Gasteiger partial charge in [-0.3, -0.25) is 4.79 Å². The first-order chi connectivity index (χ1) is 13.3. The summed E-state index contributed by atoms with van der Waals surface area (Å²) in [5, 5.41) is 5.32. The van der Waals surface area contributed by atoms with Crippen molar-refractivity contribution in [1.82, 2.24) is 0 Å². The minimum absolute atomic E-state index is 0.0130. The van der Waals surface area contributed by atoms with Gasteiger partial charge in [0.1, 0.15) is 0 Å². The van der Waals surface area contributed by atoms with Crippen molar-refractivity contribution in [3.63, 3.8) is 0 Å². The van der Waals surface area contributed by atoms with E-state index in [0.29, 0.717) is 6.42 Å². The molecule has 0 aliphatic carbocycles. The molecular formula is C24H30N2OS. The molecular weight excluding hydrogens is 364 g/mol. The molecule has 0 unspecified atom stereocenters. The van der Waals surface area contributed by atoms with Crippen molar-refractivity contribution >= 4 is 28.6 Å². The summed E-state index contributed by atoms with van der Waals surface area (Å²) in [6.45, 7) is 16.2. The average Bonchev–Trinajstić information content (AvgIpc) is 3.09. The van der Waals surface area contributed by atoms with E-state index in [1.54, 1.807) is 0 Å². The second kappa shape index (κ2) is 8.36. The van der Waals surface area contributed by atoms with Crippen LogP contribution in [0.25, 0.3) is 0 Å². The molecule has 2 heterocycles. The first-order valence-corrected chi connectivity index (χ1v) is 10.7. The number of rotatable bonds is 5. The van der Waals surface area contributed by atoms with E-state index in [2.05, 4.69) is 54.2 Å². The lowest BCUT2D eigenvalue weighted by Crippen LogP contribution is -2.29. The number of amides is 1. The Morgan fingerprint density at radius 1 is 1.21 bits per heavy atom. The number of anilines is 2. The highest BCUT2D eigenvalue weighted by molar-refractivity contribution is 7.10. The smallest absolute Gasteiger partial charge is 0.228 e. The summed E-state index contributed by atoms with van der Waals surface area (Å²) < 4.78 is 0. The predicted octanol–water partition coefficient (Wildman–Crippen LogP) is 6.17. The van der Waals surface area contributed by atoms with Gasteiger partial charge in [-0.1, -0.05) is 17.7 Å². The van der Waals surface area contributed by atoms with E-state index in [1.807, 2.05) is 32.1 Å². The number of aryl methyl sites for hydroxylation is 2. The van der Waals surface area contributed by atoms with E-state index in [0.717, 1.165) is 53.0 Å². The summed E-state index contributed by atoms with van der Waals surface area (Å²) >= 11 is 1.86. The molecule has 148 valence electrons. The molecule has 0 saturated heterocycles. The minimum atomic E-state index is 0.0130. The van der Waals surface area contributed by atoms with Crippen molar-refractivity contribution in [1.29, 1.82) is 0 Å². The summed E-state index contributed by atoms with van der Waals surface area (Å²) in [5.74, 6) is 0.0130. The number of fused-ring (bicyclic) bond motifs is 1. The van der Waals surface area contributed by atoms with Gasteiger partial charge in [-0.05, 0) is 86.9 Å². The van der Waals surface area contributed by atoms with Gasteiger partial charge in [-0.15, -0.1) is 11.3 Å². The largest absolute Gasteiger partial charge is 0.367 e. The number of benzene rings is 1. The van der Waals surface area contributed by atoms with Crippen molar-refractivity contribution in [2.45, 2.75) is 54.0 Å². The van der Waals surface area contributed by atoms with Crippen LogP contribution in [0.5, 0.6) is 0 Å². The fraction of sp³-hybridized carbons (Fsp3) is 0.375. The van der Waals surface area contributed by atoms with Gasteiger partial charge in [-0.25, -0.2) is 0 Å². The predicted molar refractivity (Wildman–Crippen MR) is 121 cm³/mol. The third-order valence-electron chi connectivity index (χ3n) is 5.41. The third kappa shape index (κ3) is 4.39. The van der Waals surface area contributed by atoms with E-state index < -0.39 is 0 Å². The molecule has 1 aliphatic rings. The number of nitrogens with one attached hydrogen (secondary N) is 1. The van der Waals surface area contributed by atoms with Gasteiger partial charge in [-0.2, -0.15) is 0 Å². The second-order valence-corrected chi connectivity index (χ2v) is 8.98. The summed E-state index contributed by atoms with van der Waals surface area (Å²) in [6, 6.07) is 6.63. The SMILES string of the molecule is C=C(C)C(CC(=O)Nc1c(C)cc(N2CCc3sccc3C2)cc1C)=C(C)C. The van der Waals surface area contributed by atoms with Crippen LogP contribution in [0, 0.1) is 13.8 Å². The highest BCUT2D eigenvalue weighted by atomic mass is 32.1. The Morgan fingerprint density at radius 3 is 2.50 bits per heavy atom. The Labute approximate surface area is 172 Å². The fourth-order valence-electron chi connectivity index (χ4n) is 3.89. The Bertz CT molecular complexity index is 924. The molecule has 2 aromatic rings. The number of hydrogen-bond acceptors (Lipinski definition) is 3. The van der Waals surface area contributed by atoms with Crippen LogP contribution in [0.1, 0.15) is 48.8 Å². The quantitative estimate of drug-likeness (QED) is 0.615. The normalized spacial score (nSPS) is 13.1.